The number of pyridine rings is 1. The highest BCUT2D eigenvalue weighted by Gasteiger charge is 2.21. The van der Waals surface area contributed by atoms with Gasteiger partial charge in [-0.25, -0.2) is 19.4 Å². The summed E-state index contributed by atoms with van der Waals surface area (Å²) in [7, 11) is 0. The molecule has 0 aliphatic carbocycles. The molecule has 0 radical (unpaired) electrons. The van der Waals surface area contributed by atoms with E-state index in [1.54, 1.807) is 12.1 Å². The number of aromatic nitrogens is 4. The summed E-state index contributed by atoms with van der Waals surface area (Å²) in [6, 6.07) is 11.4. The molecule has 2 aromatic heterocycles. The fraction of sp³-hybridized carbons (Fsp3) is 0.391. The monoisotopic (exact) mass is 408 g/mol. The summed E-state index contributed by atoms with van der Waals surface area (Å²) in [6.07, 6.45) is 3.22. The summed E-state index contributed by atoms with van der Waals surface area (Å²) in [5, 5.41) is 13.7. The molecule has 30 heavy (non-hydrogen) atoms. The number of aryl methyl sites for hydroxylation is 1. The van der Waals surface area contributed by atoms with Crippen LogP contribution in [0.4, 0.5) is 4.79 Å². The zero-order valence-corrected chi connectivity index (χ0v) is 17.9. The van der Waals surface area contributed by atoms with E-state index in [-0.39, 0.29) is 11.3 Å². The van der Waals surface area contributed by atoms with Gasteiger partial charge < -0.3 is 9.84 Å². The minimum absolute atomic E-state index is 0.0747. The Kier molecular flexibility index (Phi) is 6.50. The van der Waals surface area contributed by atoms with Gasteiger partial charge in [0.1, 0.15) is 5.82 Å². The third-order valence-corrected chi connectivity index (χ3v) is 4.73. The molecule has 7 heteroatoms. The number of rotatable bonds is 7. The molecule has 3 aromatic rings. The smallest absolute Gasteiger partial charge is 0.449 e. The summed E-state index contributed by atoms with van der Waals surface area (Å²) >= 11 is 0. The van der Waals surface area contributed by atoms with Crippen LogP contribution in [0.2, 0.25) is 0 Å². The highest BCUT2D eigenvalue weighted by molar-refractivity contribution is 5.72. The normalized spacial score (nSPS) is 11.5. The number of ether oxygens (including phenoxy) is 1. The fourth-order valence-corrected chi connectivity index (χ4v) is 3.08. The first kappa shape index (κ1) is 21.5. The molecule has 0 amide bonds. The Hall–Kier alpha value is -3.22. The molecular weight excluding hydrogens is 380 g/mol. The Morgan fingerprint density at radius 1 is 1.17 bits per heavy atom. The minimum atomic E-state index is -1.38. The fourth-order valence-electron chi connectivity index (χ4n) is 3.08. The second-order valence-electron chi connectivity index (χ2n) is 8.28. The van der Waals surface area contributed by atoms with E-state index in [2.05, 4.69) is 32.7 Å². The SMILES string of the molecule is CCCCc1nc(C(C)(C)C)nn1Cc1ccc(-c2cccnc2OC(=O)O)cc1. The molecule has 0 saturated heterocycles. The summed E-state index contributed by atoms with van der Waals surface area (Å²) in [5.41, 5.74) is 2.46. The Labute approximate surface area is 176 Å². The van der Waals surface area contributed by atoms with Gasteiger partial charge in [0.15, 0.2) is 5.82 Å². The van der Waals surface area contributed by atoms with E-state index in [0.717, 1.165) is 42.0 Å². The lowest BCUT2D eigenvalue weighted by Gasteiger charge is -2.12. The van der Waals surface area contributed by atoms with Gasteiger partial charge in [0, 0.05) is 23.6 Å². The molecule has 1 N–H and O–H groups in total. The van der Waals surface area contributed by atoms with Gasteiger partial charge in [-0.3, -0.25) is 0 Å². The Balaban J connectivity index is 1.85. The first-order valence-electron chi connectivity index (χ1n) is 10.2. The number of carbonyl (C=O) groups is 1. The van der Waals surface area contributed by atoms with Crippen LogP contribution in [0.1, 0.15) is 57.7 Å². The Morgan fingerprint density at radius 3 is 2.53 bits per heavy atom. The van der Waals surface area contributed by atoms with Crippen molar-refractivity contribution in [3.05, 3.63) is 59.8 Å². The number of hydrogen-bond acceptors (Lipinski definition) is 5. The molecule has 0 saturated carbocycles. The Bertz CT molecular complexity index is 1000. The van der Waals surface area contributed by atoms with Crippen molar-refractivity contribution in [2.45, 2.75) is 58.9 Å². The molecule has 0 aliphatic rings. The van der Waals surface area contributed by atoms with Crippen molar-refractivity contribution in [3.63, 3.8) is 0 Å². The van der Waals surface area contributed by atoms with Crippen molar-refractivity contribution in [1.29, 1.82) is 0 Å². The van der Waals surface area contributed by atoms with Crippen LogP contribution in [0.5, 0.6) is 5.88 Å². The maximum Gasteiger partial charge on any atom is 0.512 e. The highest BCUT2D eigenvalue weighted by Crippen LogP contribution is 2.28. The largest absolute Gasteiger partial charge is 0.512 e. The number of benzene rings is 1. The van der Waals surface area contributed by atoms with Crippen LogP contribution in [0.15, 0.2) is 42.6 Å². The van der Waals surface area contributed by atoms with Crippen molar-refractivity contribution in [2.75, 3.05) is 0 Å². The van der Waals surface area contributed by atoms with Crippen molar-refractivity contribution >= 4 is 6.16 Å². The molecule has 0 spiro atoms. The Morgan fingerprint density at radius 2 is 1.90 bits per heavy atom. The van der Waals surface area contributed by atoms with Gasteiger partial charge in [-0.15, -0.1) is 0 Å². The number of unbranched alkanes of at least 4 members (excludes halogenated alkanes) is 1. The lowest BCUT2D eigenvalue weighted by molar-refractivity contribution is 0.143. The molecule has 0 unspecified atom stereocenters. The topological polar surface area (TPSA) is 90.1 Å². The lowest BCUT2D eigenvalue weighted by Crippen LogP contribution is -2.14. The van der Waals surface area contributed by atoms with E-state index in [1.165, 1.54) is 6.20 Å². The number of hydrogen-bond donors (Lipinski definition) is 1. The molecule has 2 heterocycles. The molecule has 158 valence electrons. The van der Waals surface area contributed by atoms with Crippen LogP contribution in [-0.4, -0.2) is 31.0 Å². The maximum absolute atomic E-state index is 10.9. The molecule has 0 atom stereocenters. The molecule has 7 nitrogen and oxygen atoms in total. The molecule has 0 aliphatic heterocycles. The zero-order chi connectivity index (χ0) is 21.7. The summed E-state index contributed by atoms with van der Waals surface area (Å²) in [4.78, 5) is 19.7. The lowest BCUT2D eigenvalue weighted by atomic mass is 9.96. The quantitative estimate of drug-likeness (QED) is 0.548. The number of nitrogens with zero attached hydrogens (tertiary/aromatic N) is 4. The van der Waals surface area contributed by atoms with Gasteiger partial charge in [-0.1, -0.05) is 58.4 Å². The summed E-state index contributed by atoms with van der Waals surface area (Å²) in [5.74, 6) is 1.94. The van der Waals surface area contributed by atoms with Gasteiger partial charge >= 0.3 is 6.16 Å². The van der Waals surface area contributed by atoms with Crippen molar-refractivity contribution < 1.29 is 14.6 Å². The van der Waals surface area contributed by atoms with E-state index >= 15 is 0 Å². The van der Waals surface area contributed by atoms with Crippen LogP contribution in [0.3, 0.4) is 0 Å². The van der Waals surface area contributed by atoms with E-state index < -0.39 is 6.16 Å². The first-order valence-corrected chi connectivity index (χ1v) is 10.2. The number of carboxylic acid groups (broad SMARTS) is 1. The first-order chi connectivity index (χ1) is 14.3. The van der Waals surface area contributed by atoms with E-state index in [9.17, 15) is 4.79 Å². The summed E-state index contributed by atoms with van der Waals surface area (Å²) < 4.78 is 6.79. The predicted molar refractivity (Wildman–Crippen MR) is 115 cm³/mol. The average molecular weight is 409 g/mol. The van der Waals surface area contributed by atoms with Gasteiger partial charge in [-0.2, -0.15) is 5.10 Å². The average Bonchev–Trinajstić information content (AvgIpc) is 3.10. The van der Waals surface area contributed by atoms with Crippen molar-refractivity contribution in [3.8, 4) is 17.0 Å². The molecule has 0 bridgehead atoms. The van der Waals surface area contributed by atoms with Crippen LogP contribution < -0.4 is 4.74 Å². The van der Waals surface area contributed by atoms with Crippen LogP contribution in [-0.2, 0) is 18.4 Å². The molecule has 1 aromatic carbocycles. The van der Waals surface area contributed by atoms with Gasteiger partial charge in [-0.05, 0) is 29.7 Å². The predicted octanol–water partition coefficient (Wildman–Crippen LogP) is 5.09. The second kappa shape index (κ2) is 9.07. The van der Waals surface area contributed by atoms with E-state index in [4.69, 9.17) is 19.9 Å². The molecule has 0 fully saturated rings. The minimum Gasteiger partial charge on any atom is -0.449 e. The van der Waals surface area contributed by atoms with Crippen LogP contribution >= 0.6 is 0 Å². The second-order valence-corrected chi connectivity index (χ2v) is 8.28. The third-order valence-electron chi connectivity index (χ3n) is 4.73. The third kappa shape index (κ3) is 5.23. The zero-order valence-electron chi connectivity index (χ0n) is 17.9. The van der Waals surface area contributed by atoms with Gasteiger partial charge in [0.05, 0.1) is 6.54 Å². The van der Waals surface area contributed by atoms with Crippen LogP contribution in [0.25, 0.3) is 11.1 Å². The maximum atomic E-state index is 10.9. The summed E-state index contributed by atoms with van der Waals surface area (Å²) in [6.45, 7) is 9.17. The molecular formula is C23H28N4O3. The van der Waals surface area contributed by atoms with Crippen molar-refractivity contribution in [1.82, 2.24) is 19.7 Å². The van der Waals surface area contributed by atoms with Crippen LogP contribution in [0, 0.1) is 0 Å². The molecule has 3 rings (SSSR count). The van der Waals surface area contributed by atoms with Crippen molar-refractivity contribution in [2.24, 2.45) is 0 Å². The van der Waals surface area contributed by atoms with Gasteiger partial charge in [0.2, 0.25) is 5.88 Å². The van der Waals surface area contributed by atoms with Gasteiger partial charge in [0.25, 0.3) is 0 Å². The van der Waals surface area contributed by atoms with E-state index in [1.807, 2.05) is 28.9 Å². The highest BCUT2D eigenvalue weighted by atomic mass is 16.7. The standard InChI is InChI=1S/C23H28N4O3/c1-5-6-9-19-25-21(23(2,3)4)26-27(19)15-16-10-12-17(13-11-16)18-8-7-14-24-20(18)30-22(28)29/h7-8,10-14H,5-6,9,15H2,1-4H3,(H,28,29). The van der Waals surface area contributed by atoms with E-state index in [0.29, 0.717) is 12.1 Å².